The zero-order valence-corrected chi connectivity index (χ0v) is 18.8. The number of hydrogen-bond acceptors (Lipinski definition) is 8. The van der Waals surface area contributed by atoms with Gasteiger partial charge in [-0.25, -0.2) is 4.79 Å². The number of carboxylic acids is 3. The van der Waals surface area contributed by atoms with Crippen LogP contribution in [0.3, 0.4) is 0 Å². The second-order valence-electron chi connectivity index (χ2n) is 7.64. The van der Waals surface area contributed by atoms with E-state index in [0.717, 1.165) is 0 Å². The van der Waals surface area contributed by atoms with Gasteiger partial charge in [0.25, 0.3) is 0 Å². The van der Waals surface area contributed by atoms with Crippen LogP contribution in [0.5, 0.6) is 0 Å². The van der Waals surface area contributed by atoms with E-state index < -0.39 is 84.5 Å². The molecule has 10 N–H and O–H groups in total. The van der Waals surface area contributed by atoms with Crippen molar-refractivity contribution in [2.45, 2.75) is 70.1 Å². The Balaban J connectivity index is 5.59. The van der Waals surface area contributed by atoms with Gasteiger partial charge in [-0.15, -0.1) is 0 Å². The number of hydrogen-bond donors (Lipinski definition) is 8. The topological polar surface area (TPSA) is 268 Å². The van der Waals surface area contributed by atoms with E-state index in [1.807, 2.05) is 5.32 Å². The van der Waals surface area contributed by atoms with E-state index in [1.165, 1.54) is 0 Å². The summed E-state index contributed by atoms with van der Waals surface area (Å²) in [7, 11) is 0. The normalized spacial score (nSPS) is 15.0. The lowest BCUT2D eigenvalue weighted by molar-refractivity contribution is -0.144. The first kappa shape index (κ1) is 30.2. The summed E-state index contributed by atoms with van der Waals surface area (Å²) in [6, 6.07) is -6.06. The van der Waals surface area contributed by atoms with Gasteiger partial charge in [0, 0.05) is 6.42 Å². The summed E-state index contributed by atoms with van der Waals surface area (Å²) in [5.41, 5.74) is 10.4. The fourth-order valence-electron chi connectivity index (χ4n) is 2.70. The van der Waals surface area contributed by atoms with Crippen LogP contribution in [0.2, 0.25) is 0 Å². The van der Waals surface area contributed by atoms with Crippen LogP contribution in [0.25, 0.3) is 0 Å². The van der Waals surface area contributed by atoms with Gasteiger partial charge in [-0.05, 0) is 12.3 Å². The molecule has 15 nitrogen and oxygen atoms in total. The molecule has 192 valence electrons. The molecule has 0 aromatic heterocycles. The van der Waals surface area contributed by atoms with E-state index in [2.05, 4.69) is 10.6 Å². The van der Waals surface area contributed by atoms with E-state index in [1.54, 1.807) is 13.8 Å². The predicted molar refractivity (Wildman–Crippen MR) is 114 cm³/mol. The van der Waals surface area contributed by atoms with Gasteiger partial charge >= 0.3 is 17.9 Å². The van der Waals surface area contributed by atoms with Gasteiger partial charge in [0.2, 0.25) is 23.6 Å². The largest absolute Gasteiger partial charge is 0.481 e. The third kappa shape index (κ3) is 11.2. The number of carbonyl (C=O) groups is 7. The van der Waals surface area contributed by atoms with E-state index in [4.69, 9.17) is 21.7 Å². The average Bonchev–Trinajstić information content (AvgIpc) is 2.72. The highest BCUT2D eigenvalue weighted by Gasteiger charge is 2.33. The molecule has 4 amide bonds. The van der Waals surface area contributed by atoms with Crippen LogP contribution in [0, 0.1) is 5.92 Å². The molecule has 0 heterocycles. The van der Waals surface area contributed by atoms with Gasteiger partial charge in [0.15, 0.2) is 0 Å². The summed E-state index contributed by atoms with van der Waals surface area (Å²) >= 11 is 0. The van der Waals surface area contributed by atoms with Gasteiger partial charge in [0.1, 0.15) is 18.1 Å². The van der Waals surface area contributed by atoms with Gasteiger partial charge < -0.3 is 42.7 Å². The van der Waals surface area contributed by atoms with Crippen LogP contribution < -0.4 is 27.4 Å². The molecule has 5 atom stereocenters. The lowest BCUT2D eigenvalue weighted by Crippen LogP contribution is -2.59. The number of aliphatic carboxylic acids is 3. The zero-order chi connectivity index (χ0) is 26.6. The second kappa shape index (κ2) is 14.4. The van der Waals surface area contributed by atoms with Crippen LogP contribution in [0.4, 0.5) is 0 Å². The number of nitrogens with two attached hydrogens (primary N) is 2. The van der Waals surface area contributed by atoms with Crippen LogP contribution >= 0.6 is 0 Å². The zero-order valence-electron chi connectivity index (χ0n) is 18.8. The molecular formula is C19H31N5O10. The van der Waals surface area contributed by atoms with Crippen LogP contribution in [0.1, 0.15) is 46.0 Å². The Morgan fingerprint density at radius 3 is 1.76 bits per heavy atom. The van der Waals surface area contributed by atoms with E-state index in [0.29, 0.717) is 6.42 Å². The van der Waals surface area contributed by atoms with Crippen molar-refractivity contribution in [1.29, 1.82) is 0 Å². The van der Waals surface area contributed by atoms with Crippen LogP contribution in [0.15, 0.2) is 0 Å². The lowest BCUT2D eigenvalue weighted by Gasteiger charge is -2.27. The van der Waals surface area contributed by atoms with Crippen LogP contribution in [-0.2, 0) is 33.6 Å². The van der Waals surface area contributed by atoms with Crippen molar-refractivity contribution in [3.63, 3.8) is 0 Å². The van der Waals surface area contributed by atoms with Crippen LogP contribution in [-0.4, -0.2) is 81.0 Å². The Labute approximate surface area is 194 Å². The molecule has 0 aliphatic rings. The molecule has 0 saturated heterocycles. The number of carboxylic acid groups (broad SMARTS) is 3. The molecule has 5 unspecified atom stereocenters. The number of amides is 4. The second-order valence-corrected chi connectivity index (χ2v) is 7.64. The minimum absolute atomic E-state index is 0.295. The molecule has 0 fully saturated rings. The van der Waals surface area contributed by atoms with E-state index in [9.17, 15) is 38.7 Å². The summed E-state index contributed by atoms with van der Waals surface area (Å²) in [4.78, 5) is 81.8. The fraction of sp³-hybridized carbons (Fsp3) is 0.632. The Morgan fingerprint density at radius 1 is 0.794 bits per heavy atom. The van der Waals surface area contributed by atoms with Crippen molar-refractivity contribution >= 4 is 41.5 Å². The van der Waals surface area contributed by atoms with E-state index in [-0.39, 0.29) is 12.8 Å². The number of rotatable bonds is 16. The van der Waals surface area contributed by atoms with Crippen molar-refractivity contribution in [2.75, 3.05) is 0 Å². The number of carbonyl (C=O) groups excluding carboxylic acids is 4. The third-order valence-electron chi connectivity index (χ3n) is 4.83. The summed E-state index contributed by atoms with van der Waals surface area (Å²) in [5.74, 6) is -8.72. The van der Waals surface area contributed by atoms with E-state index >= 15 is 0 Å². The Kier molecular flexibility index (Phi) is 12.8. The van der Waals surface area contributed by atoms with Crippen molar-refractivity contribution < 1.29 is 48.9 Å². The third-order valence-corrected chi connectivity index (χ3v) is 4.83. The fourth-order valence-corrected chi connectivity index (χ4v) is 2.70. The minimum Gasteiger partial charge on any atom is -0.481 e. The van der Waals surface area contributed by atoms with Gasteiger partial charge in [-0.2, -0.15) is 0 Å². The molecule has 0 saturated carbocycles. The smallest absolute Gasteiger partial charge is 0.326 e. The number of nitrogens with one attached hydrogen (secondary N) is 3. The van der Waals surface area contributed by atoms with Gasteiger partial charge in [0.05, 0.1) is 18.9 Å². The van der Waals surface area contributed by atoms with Crippen molar-refractivity contribution in [3.8, 4) is 0 Å². The number of primary amides is 1. The molecule has 0 aliphatic heterocycles. The maximum absolute atomic E-state index is 12.7. The highest BCUT2D eigenvalue weighted by molar-refractivity contribution is 5.96. The van der Waals surface area contributed by atoms with Crippen molar-refractivity contribution in [2.24, 2.45) is 17.4 Å². The monoisotopic (exact) mass is 489 g/mol. The summed E-state index contributed by atoms with van der Waals surface area (Å²) < 4.78 is 0. The first-order chi connectivity index (χ1) is 15.7. The van der Waals surface area contributed by atoms with Gasteiger partial charge in [-0.3, -0.25) is 28.8 Å². The quantitative estimate of drug-likeness (QED) is 0.109. The average molecular weight is 489 g/mol. The SMILES string of the molecule is CCC(C)C(NC(=O)C(CC(=O)O)NC(=O)C(N)CC(=O)O)C(=O)NC(CCC(N)=O)C(=O)O. The molecular weight excluding hydrogens is 458 g/mol. The molecule has 0 radical (unpaired) electrons. The molecule has 34 heavy (non-hydrogen) atoms. The Bertz CT molecular complexity index is 802. The molecule has 15 heteroatoms. The lowest BCUT2D eigenvalue weighted by atomic mass is 9.97. The molecule has 0 aliphatic carbocycles. The first-order valence-electron chi connectivity index (χ1n) is 10.3. The van der Waals surface area contributed by atoms with Gasteiger partial charge in [-0.1, -0.05) is 20.3 Å². The molecule has 0 rings (SSSR count). The first-order valence-corrected chi connectivity index (χ1v) is 10.3. The standard InChI is InChI=1S/C19H31N5O10/c1-3-8(2)15(18(32)22-10(19(33)34)4-5-12(21)25)24-17(31)11(7-14(28)29)23-16(30)9(20)6-13(26)27/h8-11,15H,3-7,20H2,1-2H3,(H2,21,25)(H,22,32)(H,23,30)(H,24,31)(H,26,27)(H,28,29)(H,33,34). The highest BCUT2D eigenvalue weighted by atomic mass is 16.4. The Morgan fingerprint density at radius 2 is 1.32 bits per heavy atom. The molecule has 0 aromatic rings. The maximum Gasteiger partial charge on any atom is 0.326 e. The highest BCUT2D eigenvalue weighted by Crippen LogP contribution is 2.10. The maximum atomic E-state index is 12.7. The summed E-state index contributed by atoms with van der Waals surface area (Å²) in [5, 5.41) is 33.6. The molecule has 0 aromatic carbocycles. The van der Waals surface area contributed by atoms with Crippen molar-refractivity contribution in [3.05, 3.63) is 0 Å². The summed E-state index contributed by atoms with van der Waals surface area (Å²) in [6.45, 7) is 3.25. The summed E-state index contributed by atoms with van der Waals surface area (Å²) in [6.07, 6.45) is -1.94. The van der Waals surface area contributed by atoms with Crippen molar-refractivity contribution in [1.82, 2.24) is 16.0 Å². The molecule has 0 bridgehead atoms. The molecule has 0 spiro atoms. The Hall–Kier alpha value is -3.75. The predicted octanol–water partition coefficient (Wildman–Crippen LogP) is -2.89. The minimum atomic E-state index is -1.70.